The van der Waals surface area contributed by atoms with E-state index in [1.54, 1.807) is 0 Å². The Balaban J connectivity index is 3.05. The predicted octanol–water partition coefficient (Wildman–Crippen LogP) is 1.44. The average Bonchev–Trinajstić information content (AvgIpc) is 2.20. The molecule has 3 heteroatoms. The summed E-state index contributed by atoms with van der Waals surface area (Å²) < 4.78 is 0. The molecule has 0 unspecified atom stereocenters. The predicted molar refractivity (Wildman–Crippen MR) is 39.6 cm³/mol. The molecule has 54 valence electrons. The van der Waals surface area contributed by atoms with E-state index in [0.29, 0.717) is 0 Å². The molecule has 0 saturated carbocycles. The summed E-state index contributed by atoms with van der Waals surface area (Å²) in [4.78, 5) is 2.97. The molecule has 0 bridgehead atoms. The summed E-state index contributed by atoms with van der Waals surface area (Å²) >= 11 is 0. The van der Waals surface area contributed by atoms with Crippen LogP contribution < -0.4 is 0 Å². The zero-order valence-electron chi connectivity index (χ0n) is 6.05. The van der Waals surface area contributed by atoms with Crippen LogP contribution in [0.2, 0.25) is 0 Å². The van der Waals surface area contributed by atoms with Crippen molar-refractivity contribution in [2.45, 2.75) is 13.8 Å². The number of aromatic nitrogens is 1. The number of hydrogen-bond acceptors (Lipinski definition) is 2. The van der Waals surface area contributed by atoms with Crippen molar-refractivity contribution in [1.29, 1.82) is 0 Å². The first-order chi connectivity index (χ1) is 4.75. The summed E-state index contributed by atoms with van der Waals surface area (Å²) in [5, 5.41) is 11.1. The first kappa shape index (κ1) is 6.86. The minimum absolute atomic E-state index is 0.861. The van der Waals surface area contributed by atoms with Crippen molar-refractivity contribution < 1.29 is 5.21 Å². The zero-order valence-corrected chi connectivity index (χ0v) is 6.05. The van der Waals surface area contributed by atoms with Crippen LogP contribution >= 0.6 is 0 Å². The highest BCUT2D eigenvalue weighted by Gasteiger charge is 1.98. The van der Waals surface area contributed by atoms with Gasteiger partial charge in [0.15, 0.2) is 0 Å². The molecule has 1 rings (SSSR count). The largest absolute Gasteiger partial charge is 0.411 e. The summed E-state index contributed by atoms with van der Waals surface area (Å²) in [5.41, 5.74) is 3.16. The Hall–Kier alpha value is -1.25. The number of H-pyrrole nitrogens is 1. The van der Waals surface area contributed by atoms with Crippen LogP contribution in [0, 0.1) is 13.8 Å². The van der Waals surface area contributed by atoms with Crippen molar-refractivity contribution in [1.82, 2.24) is 4.98 Å². The highest BCUT2D eigenvalue weighted by molar-refractivity contribution is 5.79. The third kappa shape index (κ3) is 1.03. The molecule has 2 N–H and O–H groups in total. The minimum Gasteiger partial charge on any atom is -0.411 e. The fourth-order valence-electron chi connectivity index (χ4n) is 0.807. The number of nitrogens with one attached hydrogen (secondary N) is 1. The van der Waals surface area contributed by atoms with Crippen LogP contribution in [0.5, 0.6) is 0 Å². The molecule has 0 saturated heterocycles. The molecule has 1 aromatic heterocycles. The van der Waals surface area contributed by atoms with Crippen LogP contribution in [0.3, 0.4) is 0 Å². The number of aryl methyl sites for hydroxylation is 1. The Labute approximate surface area is 59.4 Å². The number of rotatable bonds is 1. The van der Waals surface area contributed by atoms with E-state index >= 15 is 0 Å². The molecule has 3 nitrogen and oxygen atoms in total. The summed E-state index contributed by atoms with van der Waals surface area (Å²) in [5.74, 6) is 0. The molecule has 0 fully saturated rings. The Morgan fingerprint density at radius 3 is 2.70 bits per heavy atom. The van der Waals surface area contributed by atoms with Gasteiger partial charge in [0.25, 0.3) is 0 Å². The van der Waals surface area contributed by atoms with Gasteiger partial charge in [-0.3, -0.25) is 0 Å². The van der Waals surface area contributed by atoms with Crippen LogP contribution in [0.15, 0.2) is 11.4 Å². The van der Waals surface area contributed by atoms with Crippen LogP contribution in [0.1, 0.15) is 16.8 Å². The Bertz CT molecular complexity index is 250. The van der Waals surface area contributed by atoms with Crippen molar-refractivity contribution in [3.63, 3.8) is 0 Å². The second-order valence-corrected chi connectivity index (χ2v) is 2.25. The second kappa shape index (κ2) is 2.56. The maximum atomic E-state index is 8.20. The Kier molecular flexibility index (Phi) is 1.76. The van der Waals surface area contributed by atoms with Crippen molar-refractivity contribution >= 4 is 6.21 Å². The first-order valence-corrected chi connectivity index (χ1v) is 3.07. The van der Waals surface area contributed by atoms with Gasteiger partial charge in [-0.2, -0.15) is 0 Å². The van der Waals surface area contributed by atoms with Crippen molar-refractivity contribution in [2.24, 2.45) is 5.16 Å². The second-order valence-electron chi connectivity index (χ2n) is 2.25. The van der Waals surface area contributed by atoms with Crippen LogP contribution in [-0.2, 0) is 0 Å². The molecule has 0 radical (unpaired) electrons. The standard InChI is InChI=1S/C7H10N2O/c1-5-3-8-7(4-9-10)6(5)2/h3-4,8,10H,1-2H3/b9-4-. The van der Waals surface area contributed by atoms with E-state index in [1.807, 2.05) is 20.0 Å². The van der Waals surface area contributed by atoms with E-state index in [4.69, 9.17) is 5.21 Å². The molecule has 0 aromatic carbocycles. The van der Waals surface area contributed by atoms with Gasteiger partial charge in [-0.15, -0.1) is 0 Å². The van der Waals surface area contributed by atoms with Gasteiger partial charge in [0.05, 0.1) is 11.9 Å². The molecule has 0 spiro atoms. The minimum atomic E-state index is 0.861. The van der Waals surface area contributed by atoms with E-state index in [1.165, 1.54) is 11.8 Å². The van der Waals surface area contributed by atoms with Gasteiger partial charge in [-0.25, -0.2) is 0 Å². The lowest BCUT2D eigenvalue weighted by atomic mass is 10.2. The molecule has 1 aromatic rings. The monoisotopic (exact) mass is 138 g/mol. The summed E-state index contributed by atoms with van der Waals surface area (Å²) in [6, 6.07) is 0. The van der Waals surface area contributed by atoms with E-state index in [-0.39, 0.29) is 0 Å². The molecule has 0 atom stereocenters. The highest BCUT2D eigenvalue weighted by Crippen LogP contribution is 2.08. The Morgan fingerprint density at radius 2 is 2.30 bits per heavy atom. The fraction of sp³-hybridized carbons (Fsp3) is 0.286. The summed E-state index contributed by atoms with van der Waals surface area (Å²) in [7, 11) is 0. The molecule has 0 aliphatic rings. The topological polar surface area (TPSA) is 48.4 Å². The number of aromatic amines is 1. The van der Waals surface area contributed by atoms with E-state index < -0.39 is 0 Å². The third-order valence-electron chi connectivity index (χ3n) is 1.63. The highest BCUT2D eigenvalue weighted by atomic mass is 16.4. The zero-order chi connectivity index (χ0) is 7.56. The molecular formula is C7H10N2O. The van der Waals surface area contributed by atoms with Crippen LogP contribution in [0.25, 0.3) is 0 Å². The molecular weight excluding hydrogens is 128 g/mol. The first-order valence-electron chi connectivity index (χ1n) is 3.07. The Morgan fingerprint density at radius 1 is 1.60 bits per heavy atom. The number of hydrogen-bond donors (Lipinski definition) is 2. The van der Waals surface area contributed by atoms with Crippen LogP contribution in [-0.4, -0.2) is 16.4 Å². The summed E-state index contributed by atoms with van der Waals surface area (Å²) in [6.45, 7) is 3.98. The SMILES string of the molecule is Cc1c[nH]c(/C=N\O)c1C. The number of nitrogens with zero attached hydrogens (tertiary/aromatic N) is 1. The van der Waals surface area contributed by atoms with Gasteiger partial charge >= 0.3 is 0 Å². The van der Waals surface area contributed by atoms with Crippen molar-refractivity contribution in [3.8, 4) is 0 Å². The van der Waals surface area contributed by atoms with Gasteiger partial charge in [0.1, 0.15) is 0 Å². The maximum absolute atomic E-state index is 8.20. The lowest BCUT2D eigenvalue weighted by molar-refractivity contribution is 0.321. The molecule has 10 heavy (non-hydrogen) atoms. The molecule has 0 aliphatic heterocycles. The molecule has 0 amide bonds. The molecule has 0 aliphatic carbocycles. The van der Waals surface area contributed by atoms with Gasteiger partial charge in [0.2, 0.25) is 0 Å². The van der Waals surface area contributed by atoms with E-state index in [2.05, 4.69) is 10.1 Å². The average molecular weight is 138 g/mol. The van der Waals surface area contributed by atoms with Gasteiger partial charge in [0, 0.05) is 6.20 Å². The fourth-order valence-corrected chi connectivity index (χ4v) is 0.807. The molecule has 1 heterocycles. The van der Waals surface area contributed by atoms with Crippen LogP contribution in [0.4, 0.5) is 0 Å². The van der Waals surface area contributed by atoms with Crippen molar-refractivity contribution in [2.75, 3.05) is 0 Å². The quantitative estimate of drug-likeness (QED) is 0.344. The lowest BCUT2D eigenvalue weighted by Crippen LogP contribution is -1.83. The van der Waals surface area contributed by atoms with Gasteiger partial charge in [-0.05, 0) is 25.0 Å². The lowest BCUT2D eigenvalue weighted by Gasteiger charge is -1.88. The maximum Gasteiger partial charge on any atom is 0.0899 e. The normalized spacial score (nSPS) is 11.0. The van der Waals surface area contributed by atoms with Gasteiger partial charge < -0.3 is 10.2 Å². The smallest absolute Gasteiger partial charge is 0.0899 e. The number of oxime groups is 1. The van der Waals surface area contributed by atoms with E-state index in [9.17, 15) is 0 Å². The third-order valence-corrected chi connectivity index (χ3v) is 1.63. The summed E-state index contributed by atoms with van der Waals surface area (Å²) in [6.07, 6.45) is 3.27. The van der Waals surface area contributed by atoms with Gasteiger partial charge in [-0.1, -0.05) is 5.16 Å². The van der Waals surface area contributed by atoms with Crippen molar-refractivity contribution in [3.05, 3.63) is 23.0 Å². The van der Waals surface area contributed by atoms with E-state index in [0.717, 1.165) is 11.3 Å².